The van der Waals surface area contributed by atoms with Crippen LogP contribution in [0.5, 0.6) is 0 Å². The predicted octanol–water partition coefficient (Wildman–Crippen LogP) is 3.44. The lowest BCUT2D eigenvalue weighted by Gasteiger charge is -2.24. The number of anilines is 1. The van der Waals surface area contributed by atoms with E-state index < -0.39 is 11.6 Å². The Hall–Kier alpha value is -1.23. The van der Waals surface area contributed by atoms with Gasteiger partial charge in [0.15, 0.2) is 16.7 Å². The highest BCUT2D eigenvalue weighted by molar-refractivity contribution is 7.80. The molecular weight excluding hydrogens is 266 g/mol. The third-order valence-electron chi connectivity index (χ3n) is 4.23. The van der Waals surface area contributed by atoms with Gasteiger partial charge in [-0.2, -0.15) is 0 Å². The van der Waals surface area contributed by atoms with E-state index in [0.717, 1.165) is 24.0 Å². The van der Waals surface area contributed by atoms with Gasteiger partial charge in [-0.1, -0.05) is 6.42 Å². The maximum atomic E-state index is 13.1. The molecule has 3 unspecified atom stereocenters. The van der Waals surface area contributed by atoms with Gasteiger partial charge in [-0.05, 0) is 55.4 Å². The summed E-state index contributed by atoms with van der Waals surface area (Å²) < 4.78 is 25.9. The molecule has 0 heterocycles. The van der Waals surface area contributed by atoms with Crippen LogP contribution in [0.15, 0.2) is 18.2 Å². The van der Waals surface area contributed by atoms with Gasteiger partial charge < -0.3 is 10.6 Å². The molecule has 102 valence electrons. The van der Waals surface area contributed by atoms with Gasteiger partial charge in [0.25, 0.3) is 0 Å². The quantitative estimate of drug-likeness (QED) is 0.813. The number of fused-ring (bicyclic) bond motifs is 2. The molecule has 3 rings (SSSR count). The summed E-state index contributed by atoms with van der Waals surface area (Å²) in [7, 11) is 0. The summed E-state index contributed by atoms with van der Waals surface area (Å²) in [5.74, 6) is -0.159. The number of hydrogen-bond donors (Lipinski definition) is 2. The van der Waals surface area contributed by atoms with Gasteiger partial charge in [-0.15, -0.1) is 0 Å². The zero-order valence-corrected chi connectivity index (χ0v) is 11.3. The van der Waals surface area contributed by atoms with Gasteiger partial charge in [0.05, 0.1) is 0 Å². The van der Waals surface area contributed by atoms with Crippen molar-refractivity contribution in [2.45, 2.75) is 31.7 Å². The smallest absolute Gasteiger partial charge is 0.171 e. The van der Waals surface area contributed by atoms with E-state index in [0.29, 0.717) is 16.8 Å². The lowest BCUT2D eigenvalue weighted by atomic mass is 9.96. The molecule has 0 spiro atoms. The fraction of sp³-hybridized carbons (Fsp3) is 0.500. The molecule has 2 aliphatic carbocycles. The average Bonchev–Trinajstić information content (AvgIpc) is 2.96. The number of thiocarbonyl (C=S) groups is 1. The Morgan fingerprint density at radius 2 is 2.00 bits per heavy atom. The zero-order chi connectivity index (χ0) is 13.4. The molecule has 2 aliphatic rings. The van der Waals surface area contributed by atoms with Gasteiger partial charge in [-0.25, -0.2) is 8.78 Å². The highest BCUT2D eigenvalue weighted by atomic mass is 32.1. The molecular formula is C14H16F2N2S. The first-order valence-corrected chi connectivity index (χ1v) is 7.05. The van der Waals surface area contributed by atoms with E-state index in [2.05, 4.69) is 10.6 Å². The Bertz CT molecular complexity index is 506. The van der Waals surface area contributed by atoms with Crippen molar-refractivity contribution in [1.29, 1.82) is 0 Å². The summed E-state index contributed by atoms with van der Waals surface area (Å²) in [6.45, 7) is 0. The van der Waals surface area contributed by atoms with E-state index in [1.54, 1.807) is 0 Å². The number of halogens is 2. The number of nitrogens with one attached hydrogen (secondary N) is 2. The molecule has 1 aromatic carbocycles. The Kier molecular flexibility index (Phi) is 3.39. The second-order valence-corrected chi connectivity index (χ2v) is 5.92. The first-order valence-electron chi connectivity index (χ1n) is 6.64. The van der Waals surface area contributed by atoms with Crippen molar-refractivity contribution >= 4 is 23.0 Å². The first-order chi connectivity index (χ1) is 9.11. The van der Waals surface area contributed by atoms with Gasteiger partial charge in [0.2, 0.25) is 0 Å². The molecule has 1 aromatic rings. The minimum absolute atomic E-state index is 0.434. The minimum Gasteiger partial charge on any atom is -0.359 e. The summed E-state index contributed by atoms with van der Waals surface area (Å²) in [5, 5.41) is 6.70. The molecule has 19 heavy (non-hydrogen) atoms. The molecule has 5 heteroatoms. The third kappa shape index (κ3) is 2.71. The molecule has 2 nitrogen and oxygen atoms in total. The van der Waals surface area contributed by atoms with Gasteiger partial charge in [0, 0.05) is 17.8 Å². The lowest BCUT2D eigenvalue weighted by Crippen LogP contribution is -2.40. The Morgan fingerprint density at radius 3 is 2.63 bits per heavy atom. The minimum atomic E-state index is -0.868. The van der Waals surface area contributed by atoms with Crippen molar-refractivity contribution in [3.8, 4) is 0 Å². The second kappa shape index (κ2) is 5.04. The van der Waals surface area contributed by atoms with Gasteiger partial charge >= 0.3 is 0 Å². The summed E-state index contributed by atoms with van der Waals surface area (Å²) in [4.78, 5) is 0. The summed E-state index contributed by atoms with van der Waals surface area (Å²) in [5.41, 5.74) is 0.472. The van der Waals surface area contributed by atoms with Gasteiger partial charge in [-0.3, -0.25) is 0 Å². The van der Waals surface area contributed by atoms with E-state index in [1.807, 2.05) is 0 Å². The molecule has 0 aliphatic heterocycles. The Labute approximate surface area is 116 Å². The molecule has 2 bridgehead atoms. The molecule has 2 N–H and O–H groups in total. The molecule has 0 radical (unpaired) electrons. The van der Waals surface area contributed by atoms with E-state index in [1.165, 1.54) is 31.7 Å². The molecule has 0 amide bonds. The number of hydrogen-bond acceptors (Lipinski definition) is 1. The van der Waals surface area contributed by atoms with Crippen LogP contribution >= 0.6 is 12.2 Å². The molecule has 0 aromatic heterocycles. The molecule has 2 saturated carbocycles. The maximum absolute atomic E-state index is 13.1. The molecule has 0 saturated heterocycles. The number of rotatable bonds is 2. The van der Waals surface area contributed by atoms with Crippen LogP contribution in [-0.2, 0) is 0 Å². The number of benzene rings is 1. The molecule has 2 fully saturated rings. The topological polar surface area (TPSA) is 24.1 Å². The van der Waals surface area contributed by atoms with E-state index in [-0.39, 0.29) is 0 Å². The van der Waals surface area contributed by atoms with Crippen LogP contribution in [0.1, 0.15) is 25.7 Å². The van der Waals surface area contributed by atoms with E-state index in [9.17, 15) is 8.78 Å². The fourth-order valence-corrected chi connectivity index (χ4v) is 3.60. The van der Waals surface area contributed by atoms with E-state index >= 15 is 0 Å². The van der Waals surface area contributed by atoms with Crippen molar-refractivity contribution in [2.24, 2.45) is 11.8 Å². The largest absolute Gasteiger partial charge is 0.359 e. The third-order valence-corrected chi connectivity index (χ3v) is 4.45. The van der Waals surface area contributed by atoms with Crippen LogP contribution in [0.4, 0.5) is 14.5 Å². The lowest BCUT2D eigenvalue weighted by molar-refractivity contribution is 0.392. The van der Waals surface area contributed by atoms with Crippen molar-refractivity contribution in [2.75, 3.05) is 5.32 Å². The van der Waals surface area contributed by atoms with Crippen LogP contribution in [0.25, 0.3) is 0 Å². The normalized spacial score (nSPS) is 28.4. The van der Waals surface area contributed by atoms with Crippen LogP contribution < -0.4 is 10.6 Å². The average molecular weight is 282 g/mol. The highest BCUT2D eigenvalue weighted by Crippen LogP contribution is 2.44. The van der Waals surface area contributed by atoms with Crippen LogP contribution in [-0.4, -0.2) is 11.2 Å². The van der Waals surface area contributed by atoms with Crippen LogP contribution in [0, 0.1) is 23.5 Å². The van der Waals surface area contributed by atoms with Crippen molar-refractivity contribution in [1.82, 2.24) is 5.32 Å². The van der Waals surface area contributed by atoms with Crippen LogP contribution in [0.3, 0.4) is 0 Å². The standard InChI is InChI=1S/C14H16F2N2S/c15-11-4-3-10(7-12(11)16)17-14(19)18-13-6-8-1-2-9(13)5-8/h3-4,7-9,13H,1-2,5-6H2,(H2,17,18,19). The van der Waals surface area contributed by atoms with Gasteiger partial charge in [0.1, 0.15) is 0 Å². The zero-order valence-electron chi connectivity index (χ0n) is 10.5. The highest BCUT2D eigenvalue weighted by Gasteiger charge is 2.39. The van der Waals surface area contributed by atoms with Crippen molar-refractivity contribution in [3.63, 3.8) is 0 Å². The summed E-state index contributed by atoms with van der Waals surface area (Å²) in [6, 6.07) is 4.12. The SMILES string of the molecule is Fc1ccc(NC(=S)NC2CC3CCC2C3)cc1F. The molecule has 3 atom stereocenters. The maximum Gasteiger partial charge on any atom is 0.171 e. The van der Waals surface area contributed by atoms with Crippen molar-refractivity contribution in [3.05, 3.63) is 29.8 Å². The summed E-state index contributed by atoms with van der Waals surface area (Å²) >= 11 is 5.23. The van der Waals surface area contributed by atoms with Crippen LogP contribution in [0.2, 0.25) is 0 Å². The Balaban J connectivity index is 1.57. The predicted molar refractivity (Wildman–Crippen MR) is 75.0 cm³/mol. The van der Waals surface area contributed by atoms with E-state index in [4.69, 9.17) is 12.2 Å². The summed E-state index contributed by atoms with van der Waals surface area (Å²) in [6.07, 6.45) is 5.08. The first kappa shape index (κ1) is 12.8. The fourth-order valence-electron chi connectivity index (χ4n) is 3.33. The monoisotopic (exact) mass is 282 g/mol. The van der Waals surface area contributed by atoms with Crippen molar-refractivity contribution < 1.29 is 8.78 Å². The Morgan fingerprint density at radius 1 is 1.16 bits per heavy atom. The second-order valence-electron chi connectivity index (χ2n) is 5.51.